The van der Waals surface area contributed by atoms with E-state index < -0.39 is 9.52 Å². The van der Waals surface area contributed by atoms with Crippen LogP contribution in [0.4, 0.5) is 0 Å². The third-order valence-corrected chi connectivity index (χ3v) is 12.3. The fourth-order valence-corrected chi connectivity index (χ4v) is 9.77. The molecule has 0 fully saturated rings. The molecule has 0 spiro atoms. The summed E-state index contributed by atoms with van der Waals surface area (Å²) < 4.78 is 0. The Kier molecular flexibility index (Phi) is 7.11. The van der Waals surface area contributed by atoms with E-state index in [1.54, 1.807) is 0 Å². The first-order chi connectivity index (χ1) is 25.3. The van der Waals surface area contributed by atoms with Crippen LogP contribution in [0.15, 0.2) is 194 Å². The third-order valence-electron chi connectivity index (χ3n) is 10.6. The molecule has 0 saturated heterocycles. The van der Waals surface area contributed by atoms with E-state index in [1.165, 1.54) is 97.6 Å². The molecule has 51 heavy (non-hydrogen) atoms. The maximum absolute atomic E-state index is 2.52. The average Bonchev–Trinajstić information content (AvgIpc) is 3.20. The van der Waals surface area contributed by atoms with Gasteiger partial charge in [0.2, 0.25) is 0 Å². The average molecular weight is 663 g/mol. The van der Waals surface area contributed by atoms with Crippen molar-refractivity contribution in [2.75, 3.05) is 0 Å². The molecule has 0 saturated carbocycles. The minimum atomic E-state index is -0.676. The second kappa shape index (κ2) is 12.2. The molecule has 10 rings (SSSR count). The first kappa shape index (κ1) is 29.6. The Bertz CT molecular complexity index is 2940. The third kappa shape index (κ3) is 5.14. The Balaban J connectivity index is 1.28. The zero-order valence-electron chi connectivity index (χ0n) is 28.2. The fraction of sp³-hybridized carbons (Fsp3) is 0. The van der Waals surface area contributed by atoms with Crippen LogP contribution in [-0.2, 0) is 0 Å². The first-order valence-electron chi connectivity index (χ1n) is 17.8. The molecule has 0 aliphatic carbocycles. The zero-order chi connectivity index (χ0) is 33.7. The number of fused-ring (bicyclic) bond motifs is 6. The van der Waals surface area contributed by atoms with Crippen LogP contribution < -0.4 is 10.4 Å². The van der Waals surface area contributed by atoms with Crippen molar-refractivity contribution in [1.82, 2.24) is 0 Å². The van der Waals surface area contributed by atoms with Gasteiger partial charge in [-0.3, -0.25) is 0 Å². The van der Waals surface area contributed by atoms with Gasteiger partial charge >= 0.3 is 0 Å². The summed E-state index contributed by atoms with van der Waals surface area (Å²) in [5.74, 6) is 0. The maximum Gasteiger partial charge on any atom is 0.0875 e. The van der Waals surface area contributed by atoms with Crippen LogP contribution in [0.2, 0.25) is 0 Å². The Hall–Kier alpha value is -6.28. The normalized spacial score (nSPS) is 11.8. The summed E-state index contributed by atoms with van der Waals surface area (Å²) in [4.78, 5) is 0. The van der Waals surface area contributed by atoms with Crippen molar-refractivity contribution in [2.24, 2.45) is 0 Å². The van der Waals surface area contributed by atoms with E-state index in [-0.39, 0.29) is 0 Å². The molecule has 1 heteroatoms. The summed E-state index contributed by atoms with van der Waals surface area (Å²) in [5, 5.41) is 15.8. The Morgan fingerprint density at radius 2 is 0.863 bits per heavy atom. The minimum Gasteiger partial charge on any atom is -0.0633 e. The molecule has 0 aromatic heterocycles. The van der Waals surface area contributed by atoms with E-state index >= 15 is 0 Å². The smallest absolute Gasteiger partial charge is 0.0633 e. The molecule has 0 bridgehead atoms. The molecular weight excluding hydrogens is 629 g/mol. The Morgan fingerprint density at radius 1 is 0.255 bits per heavy atom. The lowest BCUT2D eigenvalue weighted by molar-refractivity contribution is 1.63. The van der Waals surface area contributed by atoms with E-state index in [0.717, 1.165) is 0 Å². The molecular formula is C50H34Si. The van der Waals surface area contributed by atoms with Gasteiger partial charge in [-0.15, -0.1) is 0 Å². The van der Waals surface area contributed by atoms with Gasteiger partial charge in [0.05, 0.1) is 9.52 Å². The summed E-state index contributed by atoms with van der Waals surface area (Å²) in [5.41, 5.74) is 7.62. The second-order valence-corrected chi connectivity index (χ2v) is 15.7. The molecule has 0 aliphatic heterocycles. The minimum absolute atomic E-state index is 0.676. The van der Waals surface area contributed by atoms with Crippen molar-refractivity contribution >= 4 is 73.8 Å². The van der Waals surface area contributed by atoms with Crippen LogP contribution in [0, 0.1) is 0 Å². The molecule has 0 radical (unpaired) electrons. The van der Waals surface area contributed by atoms with E-state index in [4.69, 9.17) is 0 Å². The van der Waals surface area contributed by atoms with Gasteiger partial charge in [0, 0.05) is 0 Å². The Labute approximate surface area is 300 Å². The zero-order valence-corrected chi connectivity index (χ0v) is 29.6. The van der Waals surface area contributed by atoms with E-state index in [2.05, 4.69) is 194 Å². The van der Waals surface area contributed by atoms with Crippen molar-refractivity contribution in [3.63, 3.8) is 0 Å². The van der Waals surface area contributed by atoms with E-state index in [0.29, 0.717) is 0 Å². The van der Waals surface area contributed by atoms with Crippen molar-refractivity contribution in [2.45, 2.75) is 0 Å². The Morgan fingerprint density at radius 3 is 1.69 bits per heavy atom. The lowest BCUT2D eigenvalue weighted by Gasteiger charge is -2.20. The number of hydrogen-bond donors (Lipinski definition) is 0. The van der Waals surface area contributed by atoms with Crippen molar-refractivity contribution in [1.29, 1.82) is 0 Å². The van der Waals surface area contributed by atoms with Gasteiger partial charge in [-0.25, -0.2) is 0 Å². The van der Waals surface area contributed by atoms with E-state index in [1.807, 2.05) is 0 Å². The van der Waals surface area contributed by atoms with Crippen LogP contribution >= 0.6 is 0 Å². The van der Waals surface area contributed by atoms with Gasteiger partial charge in [0.25, 0.3) is 0 Å². The maximum atomic E-state index is 2.52. The highest BCUT2D eigenvalue weighted by molar-refractivity contribution is 6.67. The van der Waals surface area contributed by atoms with Crippen LogP contribution in [0.3, 0.4) is 0 Å². The van der Waals surface area contributed by atoms with Crippen LogP contribution in [0.5, 0.6) is 0 Å². The molecule has 10 aromatic rings. The first-order valence-corrected chi connectivity index (χ1v) is 19.2. The quantitative estimate of drug-likeness (QED) is 0.0977. The van der Waals surface area contributed by atoms with Gasteiger partial charge < -0.3 is 0 Å². The molecule has 238 valence electrons. The summed E-state index contributed by atoms with van der Waals surface area (Å²) in [6, 6.07) is 72.2. The number of benzene rings is 10. The highest BCUT2D eigenvalue weighted by atomic mass is 28.2. The molecule has 0 atom stereocenters. The topological polar surface area (TPSA) is 0 Å². The summed E-state index contributed by atoms with van der Waals surface area (Å²) in [6.07, 6.45) is 0. The summed E-state index contributed by atoms with van der Waals surface area (Å²) >= 11 is 0. The lowest BCUT2D eigenvalue weighted by atomic mass is 9.83. The molecule has 0 unspecified atom stereocenters. The monoisotopic (exact) mass is 662 g/mol. The SMILES string of the molecule is c1ccc([SiH2]c2ccc3c(-c4cc5ccccc5c5ccccc45)c4ccccc4c(-c4cccc(-c5ccc6ccccc6c5)c4)c3c2)cc1. The lowest BCUT2D eigenvalue weighted by Crippen LogP contribution is -2.26. The molecule has 10 aromatic carbocycles. The van der Waals surface area contributed by atoms with Gasteiger partial charge in [-0.05, 0) is 105 Å². The molecule has 0 nitrogen and oxygen atoms in total. The highest BCUT2D eigenvalue weighted by Gasteiger charge is 2.20. The van der Waals surface area contributed by atoms with Crippen LogP contribution in [0.1, 0.15) is 0 Å². The largest absolute Gasteiger partial charge is 0.0875 e. The molecule has 0 amide bonds. The van der Waals surface area contributed by atoms with Gasteiger partial charge in [0.1, 0.15) is 0 Å². The van der Waals surface area contributed by atoms with Gasteiger partial charge in [-0.1, -0.05) is 186 Å². The molecule has 0 heterocycles. The van der Waals surface area contributed by atoms with Crippen molar-refractivity contribution < 1.29 is 0 Å². The molecule has 0 N–H and O–H groups in total. The fourth-order valence-electron chi connectivity index (χ4n) is 8.25. The predicted molar refractivity (Wildman–Crippen MR) is 225 cm³/mol. The van der Waals surface area contributed by atoms with Gasteiger partial charge in [0.15, 0.2) is 0 Å². The summed E-state index contributed by atoms with van der Waals surface area (Å²) in [7, 11) is -0.676. The standard InChI is InChI=1S/C50H34Si/c1-2-18-39(19-3-1)51-40-27-28-46-48(32-40)49(38-17-12-16-35(30-38)36-26-25-33-13-4-5-14-34(33)29-36)44-23-10-11-24-45(44)50(46)47-31-37-15-6-7-20-41(37)42-21-8-9-22-43(42)47/h1-32H,51H2. The van der Waals surface area contributed by atoms with E-state index in [9.17, 15) is 0 Å². The molecule has 0 aliphatic rings. The summed E-state index contributed by atoms with van der Waals surface area (Å²) in [6.45, 7) is 0. The predicted octanol–water partition coefficient (Wildman–Crippen LogP) is 11.6. The number of hydrogen-bond acceptors (Lipinski definition) is 0. The second-order valence-electron chi connectivity index (χ2n) is 13.7. The van der Waals surface area contributed by atoms with Crippen molar-refractivity contribution in [3.05, 3.63) is 194 Å². The highest BCUT2D eigenvalue weighted by Crippen LogP contribution is 2.46. The number of rotatable bonds is 5. The van der Waals surface area contributed by atoms with Crippen molar-refractivity contribution in [3.8, 4) is 33.4 Å². The van der Waals surface area contributed by atoms with Crippen LogP contribution in [-0.4, -0.2) is 9.52 Å². The van der Waals surface area contributed by atoms with Gasteiger partial charge in [-0.2, -0.15) is 0 Å². The van der Waals surface area contributed by atoms with Crippen LogP contribution in [0.25, 0.3) is 87.2 Å².